The molecule has 0 aliphatic heterocycles. The second-order valence-electron chi connectivity index (χ2n) is 6.32. The van der Waals surface area contributed by atoms with Crippen LogP contribution >= 0.6 is 0 Å². The maximum atomic E-state index is 12.0. The minimum Gasteiger partial charge on any atom is -0.455 e. The van der Waals surface area contributed by atoms with Crippen LogP contribution in [0, 0.1) is 27.2 Å². The highest BCUT2D eigenvalue weighted by Crippen LogP contribution is 2.27. The summed E-state index contributed by atoms with van der Waals surface area (Å²) in [6.45, 7) is 1.65. The number of para-hydroxylation sites is 1. The summed E-state index contributed by atoms with van der Waals surface area (Å²) >= 11 is 0. The molecule has 2 aromatic carbocycles. The van der Waals surface area contributed by atoms with Gasteiger partial charge in [0.05, 0.1) is 22.5 Å². The van der Waals surface area contributed by atoms with Crippen molar-refractivity contribution in [3.05, 3.63) is 91.7 Å². The highest BCUT2D eigenvalue weighted by atomic mass is 16.6. The lowest BCUT2D eigenvalue weighted by atomic mass is 10.1. The zero-order valence-corrected chi connectivity index (χ0v) is 15.8. The van der Waals surface area contributed by atoms with Crippen molar-refractivity contribution in [2.24, 2.45) is 5.10 Å². The molecular weight excluding hydrogens is 392 g/mol. The second-order valence-corrected chi connectivity index (χ2v) is 6.32. The number of carbonyl (C=O) groups excluding carboxylic acids is 1. The van der Waals surface area contributed by atoms with Gasteiger partial charge in [-0.25, -0.2) is 5.43 Å². The predicted molar refractivity (Wildman–Crippen MR) is 108 cm³/mol. The molecule has 1 N–H and O–H groups in total. The summed E-state index contributed by atoms with van der Waals surface area (Å²) in [5.41, 5.74) is 3.48. The number of hydrogen-bond donors (Lipinski definition) is 1. The van der Waals surface area contributed by atoms with Crippen LogP contribution in [0.15, 0.2) is 64.1 Å². The van der Waals surface area contributed by atoms with Crippen LogP contribution in [-0.2, 0) is 11.2 Å². The minimum absolute atomic E-state index is 0.0126. The van der Waals surface area contributed by atoms with E-state index in [1.807, 2.05) is 0 Å². The van der Waals surface area contributed by atoms with E-state index in [-0.39, 0.29) is 23.4 Å². The van der Waals surface area contributed by atoms with E-state index in [2.05, 4.69) is 10.5 Å². The lowest BCUT2D eigenvalue weighted by Crippen LogP contribution is -2.20. The molecule has 0 aliphatic carbocycles. The van der Waals surface area contributed by atoms with Crippen LogP contribution in [0.1, 0.15) is 16.9 Å². The quantitative estimate of drug-likeness (QED) is 0.358. The summed E-state index contributed by atoms with van der Waals surface area (Å²) in [6, 6.07) is 13.9. The number of amides is 1. The number of benzene rings is 2. The van der Waals surface area contributed by atoms with Crippen LogP contribution in [0.25, 0.3) is 11.3 Å². The number of nitrogens with zero attached hydrogens (tertiary/aromatic N) is 3. The molecule has 10 nitrogen and oxygen atoms in total. The molecule has 0 saturated heterocycles. The first-order valence-corrected chi connectivity index (χ1v) is 8.74. The average molecular weight is 408 g/mol. The van der Waals surface area contributed by atoms with Crippen LogP contribution in [0.2, 0.25) is 0 Å². The Balaban J connectivity index is 1.65. The normalized spacial score (nSPS) is 10.8. The SMILES string of the molecule is Cc1ccc(-c2ccc(C=NNC(=O)Cc3ccccc3[N+](=O)[O-])o2)cc1[N+](=O)[O-]. The third-order valence-electron chi connectivity index (χ3n) is 4.24. The van der Waals surface area contributed by atoms with E-state index in [4.69, 9.17) is 4.42 Å². The largest absolute Gasteiger partial charge is 0.455 e. The molecule has 0 radical (unpaired) electrons. The number of nitro groups is 2. The molecular formula is C20H16N4O6. The van der Waals surface area contributed by atoms with Crippen molar-refractivity contribution in [3.63, 3.8) is 0 Å². The van der Waals surface area contributed by atoms with Crippen LogP contribution in [-0.4, -0.2) is 22.0 Å². The van der Waals surface area contributed by atoms with E-state index in [1.165, 1.54) is 30.5 Å². The number of furan rings is 1. The molecule has 0 aliphatic rings. The Bertz CT molecular complexity index is 1150. The van der Waals surface area contributed by atoms with Crippen molar-refractivity contribution in [3.8, 4) is 11.3 Å². The molecule has 152 valence electrons. The van der Waals surface area contributed by atoms with Crippen LogP contribution < -0.4 is 5.43 Å². The van der Waals surface area contributed by atoms with Gasteiger partial charge in [-0.2, -0.15) is 5.10 Å². The van der Waals surface area contributed by atoms with Crippen molar-refractivity contribution in [2.75, 3.05) is 0 Å². The van der Waals surface area contributed by atoms with Gasteiger partial charge >= 0.3 is 0 Å². The molecule has 30 heavy (non-hydrogen) atoms. The molecule has 0 saturated carbocycles. The lowest BCUT2D eigenvalue weighted by Gasteiger charge is -2.01. The fourth-order valence-electron chi connectivity index (χ4n) is 2.76. The number of hydrogen-bond acceptors (Lipinski definition) is 7. The number of rotatable bonds is 7. The summed E-state index contributed by atoms with van der Waals surface area (Å²) in [7, 11) is 0. The summed E-state index contributed by atoms with van der Waals surface area (Å²) < 4.78 is 5.58. The first-order valence-electron chi connectivity index (χ1n) is 8.74. The number of nitro benzene ring substituents is 2. The Kier molecular flexibility index (Phi) is 5.97. The molecule has 3 rings (SSSR count). The Morgan fingerprint density at radius 2 is 1.80 bits per heavy atom. The van der Waals surface area contributed by atoms with Gasteiger partial charge in [-0.3, -0.25) is 25.0 Å². The van der Waals surface area contributed by atoms with E-state index in [9.17, 15) is 25.0 Å². The minimum atomic E-state index is -0.550. The fraction of sp³-hybridized carbons (Fsp3) is 0.100. The zero-order chi connectivity index (χ0) is 21.7. The monoisotopic (exact) mass is 408 g/mol. The summed E-state index contributed by atoms with van der Waals surface area (Å²) in [4.78, 5) is 33.1. The average Bonchev–Trinajstić information content (AvgIpc) is 3.17. The molecule has 1 amide bonds. The first kappa shape index (κ1) is 20.4. The van der Waals surface area contributed by atoms with Gasteiger partial charge in [0.15, 0.2) is 0 Å². The molecule has 0 atom stereocenters. The van der Waals surface area contributed by atoms with Crippen LogP contribution in [0.3, 0.4) is 0 Å². The van der Waals surface area contributed by atoms with Crippen molar-refractivity contribution in [1.29, 1.82) is 0 Å². The van der Waals surface area contributed by atoms with Crippen LogP contribution in [0.4, 0.5) is 11.4 Å². The topological polar surface area (TPSA) is 141 Å². The molecule has 0 fully saturated rings. The van der Waals surface area contributed by atoms with Crippen molar-refractivity contribution >= 4 is 23.5 Å². The first-order chi connectivity index (χ1) is 14.3. The Morgan fingerprint density at radius 3 is 2.53 bits per heavy atom. The third-order valence-corrected chi connectivity index (χ3v) is 4.24. The maximum Gasteiger partial charge on any atom is 0.273 e. The van der Waals surface area contributed by atoms with Crippen molar-refractivity contribution < 1.29 is 19.1 Å². The Hall–Kier alpha value is -4.34. The van der Waals surface area contributed by atoms with E-state index in [0.29, 0.717) is 22.6 Å². The molecule has 0 bridgehead atoms. The van der Waals surface area contributed by atoms with Gasteiger partial charge in [0.1, 0.15) is 11.5 Å². The van der Waals surface area contributed by atoms with Gasteiger partial charge < -0.3 is 4.42 Å². The summed E-state index contributed by atoms with van der Waals surface area (Å²) in [5, 5.41) is 25.9. The number of aryl methyl sites for hydroxylation is 1. The van der Waals surface area contributed by atoms with Crippen molar-refractivity contribution in [2.45, 2.75) is 13.3 Å². The van der Waals surface area contributed by atoms with Crippen molar-refractivity contribution in [1.82, 2.24) is 5.43 Å². The van der Waals surface area contributed by atoms with E-state index in [0.717, 1.165) is 0 Å². The number of nitrogens with one attached hydrogen (secondary N) is 1. The predicted octanol–water partition coefficient (Wildman–Crippen LogP) is 3.76. The molecule has 0 spiro atoms. The van der Waals surface area contributed by atoms with Gasteiger partial charge in [0.2, 0.25) is 5.91 Å². The van der Waals surface area contributed by atoms with Gasteiger partial charge in [-0.05, 0) is 19.1 Å². The highest BCUT2D eigenvalue weighted by molar-refractivity contribution is 5.83. The highest BCUT2D eigenvalue weighted by Gasteiger charge is 2.15. The standard InChI is InChI=1S/C20H16N4O6/c1-13-6-7-15(10-18(13)24(28)29)19-9-8-16(30-19)12-21-22-20(25)11-14-4-2-3-5-17(14)23(26)27/h2-10,12H,11H2,1H3,(H,22,25). The molecule has 1 heterocycles. The second kappa shape index (κ2) is 8.78. The van der Waals surface area contributed by atoms with Gasteiger partial charge in [-0.1, -0.05) is 30.3 Å². The smallest absolute Gasteiger partial charge is 0.273 e. The van der Waals surface area contributed by atoms with E-state index in [1.54, 1.807) is 37.3 Å². The molecule has 1 aromatic heterocycles. The third kappa shape index (κ3) is 4.73. The molecule has 0 unspecified atom stereocenters. The maximum absolute atomic E-state index is 12.0. The van der Waals surface area contributed by atoms with Gasteiger partial charge in [0, 0.05) is 28.8 Å². The lowest BCUT2D eigenvalue weighted by molar-refractivity contribution is -0.385. The van der Waals surface area contributed by atoms with Gasteiger partial charge in [-0.15, -0.1) is 0 Å². The van der Waals surface area contributed by atoms with Gasteiger partial charge in [0.25, 0.3) is 11.4 Å². The zero-order valence-electron chi connectivity index (χ0n) is 15.8. The van der Waals surface area contributed by atoms with Crippen LogP contribution in [0.5, 0.6) is 0 Å². The fourth-order valence-corrected chi connectivity index (χ4v) is 2.76. The number of hydrazone groups is 1. The number of carbonyl (C=O) groups is 1. The Labute approximate surface area is 170 Å². The van der Waals surface area contributed by atoms with E-state index < -0.39 is 15.8 Å². The summed E-state index contributed by atoms with van der Waals surface area (Å²) in [5.74, 6) is 0.200. The summed E-state index contributed by atoms with van der Waals surface area (Å²) in [6.07, 6.45) is 1.06. The molecule has 3 aromatic rings. The Morgan fingerprint density at radius 1 is 1.07 bits per heavy atom. The molecule has 10 heteroatoms. The van der Waals surface area contributed by atoms with E-state index >= 15 is 0 Å².